The van der Waals surface area contributed by atoms with Crippen LogP contribution >= 0.6 is 0 Å². The molecule has 1 saturated heterocycles. The van der Waals surface area contributed by atoms with Crippen LogP contribution in [0.2, 0.25) is 0 Å². The van der Waals surface area contributed by atoms with Gasteiger partial charge in [0.15, 0.2) is 0 Å². The van der Waals surface area contributed by atoms with E-state index in [9.17, 15) is 8.42 Å². The first kappa shape index (κ1) is 19.2. The van der Waals surface area contributed by atoms with E-state index in [2.05, 4.69) is 23.8 Å². The molecular weight excluding hydrogens is 370 g/mol. The molecule has 28 heavy (non-hydrogen) atoms. The number of aryl methyl sites for hydroxylation is 1. The Hall–Kier alpha value is -2.15. The third-order valence-electron chi connectivity index (χ3n) is 5.82. The fourth-order valence-electron chi connectivity index (χ4n) is 3.94. The summed E-state index contributed by atoms with van der Waals surface area (Å²) in [4.78, 5) is 5.08. The van der Waals surface area contributed by atoms with Gasteiger partial charge in [-0.2, -0.15) is 0 Å². The first-order valence-electron chi connectivity index (χ1n) is 9.73. The number of rotatable bonds is 4. The van der Waals surface area contributed by atoms with Crippen molar-refractivity contribution in [2.45, 2.75) is 24.8 Å². The zero-order valence-electron chi connectivity index (χ0n) is 16.7. The molecule has 1 aliphatic rings. The third kappa shape index (κ3) is 3.36. The number of para-hydroxylation sites is 1. The van der Waals surface area contributed by atoms with E-state index < -0.39 is 10.0 Å². The summed E-state index contributed by atoms with van der Waals surface area (Å²) in [6.07, 6.45) is 1.82. The Balaban J connectivity index is 1.79. The molecule has 0 aliphatic carbocycles. The van der Waals surface area contributed by atoms with Gasteiger partial charge in [0, 0.05) is 43.8 Å². The normalized spacial score (nSPS) is 17.8. The molecule has 1 atom stereocenters. The molecule has 4 rings (SSSR count). The van der Waals surface area contributed by atoms with Crippen molar-refractivity contribution in [1.29, 1.82) is 0 Å². The summed E-state index contributed by atoms with van der Waals surface area (Å²) in [6.45, 7) is 8.17. The zero-order valence-corrected chi connectivity index (χ0v) is 17.5. The van der Waals surface area contributed by atoms with Gasteiger partial charge in [0.05, 0.1) is 10.4 Å². The minimum atomic E-state index is -3.64. The van der Waals surface area contributed by atoms with Crippen molar-refractivity contribution < 1.29 is 8.42 Å². The van der Waals surface area contributed by atoms with Gasteiger partial charge in [-0.1, -0.05) is 35.9 Å². The average Bonchev–Trinajstić information content (AvgIpc) is 3.09. The first-order chi connectivity index (χ1) is 13.4. The third-order valence-corrected chi connectivity index (χ3v) is 7.51. The molecule has 0 amide bonds. The Labute approximate surface area is 167 Å². The highest BCUT2D eigenvalue weighted by molar-refractivity contribution is 7.90. The summed E-state index contributed by atoms with van der Waals surface area (Å²) in [5, 5.41) is 1.00. The highest BCUT2D eigenvalue weighted by Gasteiger charge is 2.26. The molecule has 1 fully saturated rings. The highest BCUT2D eigenvalue weighted by Crippen LogP contribution is 2.32. The SMILES string of the molecule is Cc1ccc(S(=O)(=O)n2cc([C@H](C)N3CCN(C)CC3)c3ccccc32)cc1. The number of hydrogen-bond donors (Lipinski definition) is 0. The maximum absolute atomic E-state index is 13.4. The van der Waals surface area contributed by atoms with Gasteiger partial charge >= 0.3 is 0 Å². The van der Waals surface area contributed by atoms with Crippen molar-refractivity contribution in [2.24, 2.45) is 0 Å². The van der Waals surface area contributed by atoms with Gasteiger partial charge in [-0.15, -0.1) is 0 Å². The molecule has 3 aromatic rings. The van der Waals surface area contributed by atoms with E-state index in [-0.39, 0.29) is 6.04 Å². The molecule has 2 aromatic carbocycles. The standard InChI is InChI=1S/C22H27N3O2S/c1-17-8-10-19(11-9-17)28(26,27)25-16-21(20-6-4-5-7-22(20)25)18(2)24-14-12-23(3)13-15-24/h4-11,16,18H,12-15H2,1-3H3/t18-/m0/s1. The van der Waals surface area contributed by atoms with Crippen LogP contribution in [-0.4, -0.2) is 55.4 Å². The van der Waals surface area contributed by atoms with Crippen LogP contribution in [-0.2, 0) is 10.0 Å². The lowest BCUT2D eigenvalue weighted by atomic mass is 10.1. The minimum Gasteiger partial charge on any atom is -0.304 e. The molecule has 1 aromatic heterocycles. The predicted octanol–water partition coefficient (Wildman–Crippen LogP) is 3.50. The van der Waals surface area contributed by atoms with Crippen molar-refractivity contribution in [1.82, 2.24) is 13.8 Å². The molecule has 1 aliphatic heterocycles. The lowest BCUT2D eigenvalue weighted by Gasteiger charge is -2.36. The molecule has 0 N–H and O–H groups in total. The van der Waals surface area contributed by atoms with Crippen LogP contribution in [0.3, 0.4) is 0 Å². The highest BCUT2D eigenvalue weighted by atomic mass is 32.2. The van der Waals surface area contributed by atoms with Crippen LogP contribution in [0.15, 0.2) is 59.6 Å². The Bertz CT molecular complexity index is 1080. The van der Waals surface area contributed by atoms with E-state index in [4.69, 9.17) is 0 Å². The largest absolute Gasteiger partial charge is 0.304 e. The molecular formula is C22H27N3O2S. The molecule has 148 valence electrons. The quantitative estimate of drug-likeness (QED) is 0.676. The van der Waals surface area contributed by atoms with Crippen LogP contribution in [0, 0.1) is 6.92 Å². The first-order valence-corrected chi connectivity index (χ1v) is 11.2. The number of piperazine rings is 1. The summed E-state index contributed by atoms with van der Waals surface area (Å²) in [6, 6.07) is 15.0. The topological polar surface area (TPSA) is 45.6 Å². The van der Waals surface area contributed by atoms with Crippen LogP contribution in [0.25, 0.3) is 10.9 Å². The van der Waals surface area contributed by atoms with Crippen LogP contribution < -0.4 is 0 Å². The Morgan fingerprint density at radius 2 is 1.57 bits per heavy atom. The molecule has 6 heteroatoms. The minimum absolute atomic E-state index is 0.160. The molecule has 0 saturated carbocycles. The van der Waals surface area contributed by atoms with Gasteiger partial charge < -0.3 is 4.90 Å². The predicted molar refractivity (Wildman–Crippen MR) is 113 cm³/mol. The van der Waals surface area contributed by atoms with Crippen LogP contribution in [0.1, 0.15) is 24.1 Å². The van der Waals surface area contributed by atoms with Crippen molar-refractivity contribution in [3.05, 3.63) is 65.9 Å². The molecule has 2 heterocycles. The molecule has 0 bridgehead atoms. The van der Waals surface area contributed by atoms with E-state index in [0.717, 1.165) is 48.2 Å². The number of hydrogen-bond acceptors (Lipinski definition) is 4. The van der Waals surface area contributed by atoms with Gasteiger partial charge in [-0.3, -0.25) is 4.90 Å². The van der Waals surface area contributed by atoms with E-state index in [0.29, 0.717) is 4.90 Å². The smallest absolute Gasteiger partial charge is 0.268 e. The number of nitrogens with zero attached hydrogens (tertiary/aromatic N) is 3. The molecule has 0 radical (unpaired) electrons. The van der Waals surface area contributed by atoms with E-state index in [1.54, 1.807) is 12.1 Å². The van der Waals surface area contributed by atoms with Crippen LogP contribution in [0.5, 0.6) is 0 Å². The van der Waals surface area contributed by atoms with E-state index >= 15 is 0 Å². The Morgan fingerprint density at radius 1 is 0.929 bits per heavy atom. The lowest BCUT2D eigenvalue weighted by Crippen LogP contribution is -2.45. The van der Waals surface area contributed by atoms with Crippen molar-refractivity contribution in [3.63, 3.8) is 0 Å². The number of aromatic nitrogens is 1. The molecule has 0 unspecified atom stereocenters. The number of benzene rings is 2. The maximum Gasteiger partial charge on any atom is 0.268 e. The summed E-state index contributed by atoms with van der Waals surface area (Å²) in [7, 11) is -1.50. The van der Waals surface area contributed by atoms with Crippen molar-refractivity contribution in [3.8, 4) is 0 Å². The van der Waals surface area contributed by atoms with Gasteiger partial charge in [0.1, 0.15) is 0 Å². The second-order valence-electron chi connectivity index (χ2n) is 7.73. The van der Waals surface area contributed by atoms with E-state index in [1.807, 2.05) is 49.5 Å². The summed E-state index contributed by atoms with van der Waals surface area (Å²) in [5.41, 5.74) is 2.84. The zero-order chi connectivity index (χ0) is 19.9. The summed E-state index contributed by atoms with van der Waals surface area (Å²) < 4.78 is 28.2. The summed E-state index contributed by atoms with van der Waals surface area (Å²) in [5.74, 6) is 0. The monoisotopic (exact) mass is 397 g/mol. The molecule has 5 nitrogen and oxygen atoms in total. The average molecular weight is 398 g/mol. The lowest BCUT2D eigenvalue weighted by molar-refractivity contribution is 0.119. The fourth-order valence-corrected chi connectivity index (χ4v) is 5.31. The second kappa shape index (κ2) is 7.35. The fraction of sp³-hybridized carbons (Fsp3) is 0.364. The van der Waals surface area contributed by atoms with Crippen molar-refractivity contribution >= 4 is 20.9 Å². The van der Waals surface area contributed by atoms with Gasteiger partial charge in [0.25, 0.3) is 10.0 Å². The molecule has 0 spiro atoms. The van der Waals surface area contributed by atoms with Crippen LogP contribution in [0.4, 0.5) is 0 Å². The van der Waals surface area contributed by atoms with E-state index in [1.165, 1.54) is 3.97 Å². The van der Waals surface area contributed by atoms with Gasteiger partial charge in [-0.05, 0) is 44.7 Å². The second-order valence-corrected chi connectivity index (χ2v) is 9.55. The van der Waals surface area contributed by atoms with Crippen molar-refractivity contribution in [2.75, 3.05) is 33.2 Å². The Morgan fingerprint density at radius 3 is 2.25 bits per heavy atom. The Kier molecular flexibility index (Phi) is 5.04. The summed E-state index contributed by atoms with van der Waals surface area (Å²) >= 11 is 0. The maximum atomic E-state index is 13.4. The van der Waals surface area contributed by atoms with Gasteiger partial charge in [-0.25, -0.2) is 12.4 Å². The van der Waals surface area contributed by atoms with Gasteiger partial charge in [0.2, 0.25) is 0 Å². The number of fused-ring (bicyclic) bond motifs is 1. The number of likely N-dealkylation sites (N-methyl/N-ethyl adjacent to an activating group) is 1.